The lowest BCUT2D eigenvalue weighted by Gasteiger charge is -2.12. The summed E-state index contributed by atoms with van der Waals surface area (Å²) in [5.74, 6) is -2.41. The maximum atomic E-state index is 13.3. The van der Waals surface area contributed by atoms with Crippen LogP contribution in [0.5, 0.6) is 0 Å². The smallest absolute Gasteiger partial charge is 0.305 e. The van der Waals surface area contributed by atoms with E-state index in [1.54, 1.807) is 0 Å². The zero-order valence-electron chi connectivity index (χ0n) is 11.1. The summed E-state index contributed by atoms with van der Waals surface area (Å²) in [6.45, 7) is 0. The second kappa shape index (κ2) is 5.82. The van der Waals surface area contributed by atoms with E-state index >= 15 is 0 Å². The minimum Gasteiger partial charge on any atom is -0.338 e. The Morgan fingerprint density at radius 3 is 1.52 bits per heavy atom. The summed E-state index contributed by atoms with van der Waals surface area (Å²) >= 11 is 0. The van der Waals surface area contributed by atoms with E-state index < -0.39 is 50.8 Å². The van der Waals surface area contributed by atoms with Crippen molar-refractivity contribution >= 4 is 29.4 Å². The molecular formula is C12H7F2N2O6P. The highest BCUT2D eigenvalue weighted by Gasteiger charge is 2.30. The molecule has 0 heterocycles. The number of hydrogen-bond acceptors (Lipinski definition) is 5. The number of rotatable bonds is 4. The fourth-order valence-electron chi connectivity index (χ4n) is 1.81. The van der Waals surface area contributed by atoms with Crippen LogP contribution < -0.4 is 10.6 Å². The molecule has 23 heavy (non-hydrogen) atoms. The lowest BCUT2D eigenvalue weighted by atomic mass is 10.3. The van der Waals surface area contributed by atoms with Crippen molar-refractivity contribution in [1.82, 2.24) is 0 Å². The molecule has 8 nitrogen and oxygen atoms in total. The number of nitrogens with zero attached hydrogens (tertiary/aromatic N) is 2. The van der Waals surface area contributed by atoms with E-state index in [2.05, 4.69) is 0 Å². The van der Waals surface area contributed by atoms with Gasteiger partial charge in [-0.15, -0.1) is 0 Å². The molecule has 0 fully saturated rings. The van der Waals surface area contributed by atoms with Crippen molar-refractivity contribution in [3.63, 3.8) is 0 Å². The van der Waals surface area contributed by atoms with E-state index in [0.29, 0.717) is 24.3 Å². The highest BCUT2D eigenvalue weighted by Crippen LogP contribution is 2.40. The van der Waals surface area contributed by atoms with E-state index in [1.165, 1.54) is 0 Å². The normalized spacial score (nSPS) is 11.3. The summed E-state index contributed by atoms with van der Waals surface area (Å²) in [4.78, 5) is 29.3. The second-order valence-electron chi connectivity index (χ2n) is 4.36. The lowest BCUT2D eigenvalue weighted by Crippen LogP contribution is -2.17. The minimum atomic E-state index is -4.51. The van der Waals surface area contributed by atoms with Crippen LogP contribution in [0.2, 0.25) is 0 Å². The summed E-state index contributed by atoms with van der Waals surface area (Å²) < 4.78 is 39.0. The molecule has 0 saturated heterocycles. The number of benzene rings is 2. The molecule has 120 valence electrons. The van der Waals surface area contributed by atoms with Crippen LogP contribution in [0.1, 0.15) is 0 Å². The SMILES string of the molecule is O=[N+]([O-])c1cc(P(=O)(O)c2ccc(F)c([N+](=O)[O-])c2)ccc1F. The van der Waals surface area contributed by atoms with Gasteiger partial charge in [0, 0.05) is 22.7 Å². The molecule has 0 aromatic heterocycles. The topological polar surface area (TPSA) is 124 Å². The van der Waals surface area contributed by atoms with E-state index in [0.717, 1.165) is 12.1 Å². The molecule has 0 spiro atoms. The fourth-order valence-corrected chi connectivity index (χ4v) is 3.25. The standard InChI is InChI=1S/C12H7F2N2O6P/c13-9-3-1-7(5-11(9)15(17)18)23(21,22)8-2-4-10(14)12(6-8)16(19)20/h1-6H,(H,21,22). The van der Waals surface area contributed by atoms with Crippen LogP contribution in [0.15, 0.2) is 36.4 Å². The molecule has 0 amide bonds. The maximum Gasteiger partial charge on any atom is 0.305 e. The largest absolute Gasteiger partial charge is 0.338 e. The molecule has 0 saturated carbocycles. The zero-order valence-corrected chi connectivity index (χ0v) is 11.9. The Hall–Kier alpha value is -2.71. The molecule has 0 aliphatic heterocycles. The second-order valence-corrected chi connectivity index (χ2v) is 6.55. The summed E-state index contributed by atoms with van der Waals surface area (Å²) in [7, 11) is -4.51. The van der Waals surface area contributed by atoms with Gasteiger partial charge in [0.25, 0.3) is 7.37 Å². The van der Waals surface area contributed by atoms with Crippen molar-refractivity contribution in [2.24, 2.45) is 0 Å². The molecule has 0 aliphatic carbocycles. The van der Waals surface area contributed by atoms with Crippen molar-refractivity contribution in [2.45, 2.75) is 0 Å². The van der Waals surface area contributed by atoms with Gasteiger partial charge in [-0.3, -0.25) is 24.8 Å². The molecule has 0 aliphatic rings. The third-order valence-electron chi connectivity index (χ3n) is 2.95. The first-order valence-corrected chi connectivity index (χ1v) is 7.52. The molecule has 0 unspecified atom stereocenters. The zero-order chi connectivity index (χ0) is 17.4. The Kier molecular flexibility index (Phi) is 4.22. The van der Waals surface area contributed by atoms with Crippen LogP contribution in [-0.4, -0.2) is 14.7 Å². The van der Waals surface area contributed by atoms with Crippen molar-refractivity contribution in [3.8, 4) is 0 Å². The first kappa shape index (κ1) is 16.7. The van der Waals surface area contributed by atoms with E-state index in [4.69, 9.17) is 0 Å². The van der Waals surface area contributed by atoms with Gasteiger partial charge < -0.3 is 4.89 Å². The van der Waals surface area contributed by atoms with Crippen molar-refractivity contribution in [1.29, 1.82) is 0 Å². The third kappa shape index (κ3) is 3.08. The van der Waals surface area contributed by atoms with Crippen molar-refractivity contribution < 1.29 is 28.1 Å². The number of nitro benzene ring substituents is 2. The van der Waals surface area contributed by atoms with Crippen LogP contribution in [0.3, 0.4) is 0 Å². The highest BCUT2D eigenvalue weighted by atomic mass is 31.2. The molecule has 11 heteroatoms. The number of hydrogen-bond donors (Lipinski definition) is 1. The predicted octanol–water partition coefficient (Wildman–Crippen LogP) is 2.00. The maximum absolute atomic E-state index is 13.3. The Labute approximate surface area is 126 Å². The van der Waals surface area contributed by atoms with E-state index in [9.17, 15) is 38.5 Å². The van der Waals surface area contributed by atoms with Crippen LogP contribution in [0.25, 0.3) is 0 Å². The first-order valence-electron chi connectivity index (χ1n) is 5.86. The molecule has 1 N–H and O–H groups in total. The van der Waals surface area contributed by atoms with Gasteiger partial charge in [0.15, 0.2) is 0 Å². The van der Waals surface area contributed by atoms with E-state index in [1.807, 2.05) is 0 Å². The molecule has 0 radical (unpaired) electrons. The highest BCUT2D eigenvalue weighted by molar-refractivity contribution is 7.73. The Balaban J connectivity index is 2.61. The molecular weight excluding hydrogens is 337 g/mol. The monoisotopic (exact) mass is 344 g/mol. The van der Waals surface area contributed by atoms with Crippen LogP contribution in [0.4, 0.5) is 20.2 Å². The molecule has 2 rings (SSSR count). The van der Waals surface area contributed by atoms with Crippen LogP contribution in [0, 0.1) is 31.9 Å². The average molecular weight is 344 g/mol. The Morgan fingerprint density at radius 2 is 1.22 bits per heavy atom. The van der Waals surface area contributed by atoms with Gasteiger partial charge in [0.1, 0.15) is 0 Å². The van der Waals surface area contributed by atoms with Gasteiger partial charge in [0.2, 0.25) is 11.6 Å². The van der Waals surface area contributed by atoms with Crippen molar-refractivity contribution in [2.75, 3.05) is 0 Å². The lowest BCUT2D eigenvalue weighted by molar-refractivity contribution is -0.387. The average Bonchev–Trinajstić information content (AvgIpc) is 2.47. The Morgan fingerprint density at radius 1 is 0.870 bits per heavy atom. The first-order chi connectivity index (χ1) is 10.6. The third-order valence-corrected chi connectivity index (χ3v) is 4.91. The van der Waals surface area contributed by atoms with Gasteiger partial charge in [-0.25, -0.2) is 0 Å². The van der Waals surface area contributed by atoms with Gasteiger partial charge in [-0.1, -0.05) is 0 Å². The molecule has 2 aromatic rings. The number of halogens is 2. The summed E-state index contributed by atoms with van der Waals surface area (Å²) in [5, 5.41) is 20.3. The minimum absolute atomic E-state index is 0.508. The molecule has 0 bridgehead atoms. The summed E-state index contributed by atoms with van der Waals surface area (Å²) in [6.07, 6.45) is 0. The van der Waals surface area contributed by atoms with Crippen LogP contribution >= 0.6 is 7.37 Å². The quantitative estimate of drug-likeness (QED) is 0.514. The van der Waals surface area contributed by atoms with Crippen LogP contribution in [-0.2, 0) is 4.57 Å². The molecule has 2 aromatic carbocycles. The summed E-state index contributed by atoms with van der Waals surface area (Å²) in [6, 6.07) is 4.08. The summed E-state index contributed by atoms with van der Waals surface area (Å²) in [5.41, 5.74) is -2.04. The van der Waals surface area contributed by atoms with E-state index in [-0.39, 0.29) is 0 Å². The predicted molar refractivity (Wildman–Crippen MR) is 75.2 cm³/mol. The van der Waals surface area contributed by atoms with Gasteiger partial charge >= 0.3 is 11.4 Å². The molecule has 0 atom stereocenters. The van der Waals surface area contributed by atoms with Gasteiger partial charge in [-0.05, 0) is 24.3 Å². The number of nitro groups is 2. The van der Waals surface area contributed by atoms with Crippen molar-refractivity contribution in [3.05, 3.63) is 68.3 Å². The van der Waals surface area contributed by atoms with Gasteiger partial charge in [0.05, 0.1) is 9.85 Å². The Bertz CT molecular complexity index is 805. The van der Waals surface area contributed by atoms with Gasteiger partial charge in [-0.2, -0.15) is 8.78 Å². The fraction of sp³-hybridized carbons (Fsp3) is 0.